The van der Waals surface area contributed by atoms with Crippen LogP contribution in [0.5, 0.6) is 0 Å². The van der Waals surface area contributed by atoms with Gasteiger partial charge in [-0.1, -0.05) is 5.16 Å². The van der Waals surface area contributed by atoms with Gasteiger partial charge in [0.25, 0.3) is 5.91 Å². The monoisotopic (exact) mass is 540 g/mol. The van der Waals surface area contributed by atoms with Crippen LogP contribution in [0.4, 0.5) is 13.2 Å². The first-order valence-electron chi connectivity index (χ1n) is 13.1. The number of amides is 2. The van der Waals surface area contributed by atoms with Crippen LogP contribution in [0, 0.1) is 29.3 Å². The maximum absolute atomic E-state index is 15.1. The standard InChI is InChI=1S/C27H27F3N6O3/c28-16-4-5-17(19(29)12-16)23-21(30)22(35-39-23)25(38)33-20-6-11-36(13-15-2-3-15)14-18(20)24(37)34-27(7-8-27)26-31-9-1-10-32-26/h1,4-5,9-10,12,15,18,20H,2-3,6-8,11,13-14H2,(H,33,38)(H,34,37)/t18-,20-/m1/s1. The molecule has 1 saturated heterocycles. The minimum absolute atomic E-state index is 0.236. The number of halogens is 3. The number of carbonyl (C=O) groups is 2. The van der Waals surface area contributed by atoms with Crippen molar-refractivity contribution in [2.24, 2.45) is 11.8 Å². The molecule has 2 amide bonds. The van der Waals surface area contributed by atoms with E-state index in [9.17, 15) is 18.4 Å². The molecule has 2 aliphatic carbocycles. The summed E-state index contributed by atoms with van der Waals surface area (Å²) in [6, 6.07) is 3.66. The summed E-state index contributed by atoms with van der Waals surface area (Å²) in [6.07, 6.45) is 7.51. The molecule has 12 heteroatoms. The highest BCUT2D eigenvalue weighted by molar-refractivity contribution is 5.94. The zero-order chi connectivity index (χ0) is 27.1. The second-order valence-corrected chi connectivity index (χ2v) is 10.6. The number of aromatic nitrogens is 3. The molecule has 2 aromatic heterocycles. The van der Waals surface area contributed by atoms with Crippen molar-refractivity contribution in [1.29, 1.82) is 0 Å². The summed E-state index contributed by atoms with van der Waals surface area (Å²) in [5, 5.41) is 9.38. The minimum Gasteiger partial charge on any atom is -0.352 e. The normalized spacial score (nSPS) is 22.3. The maximum Gasteiger partial charge on any atom is 0.276 e. The van der Waals surface area contributed by atoms with Gasteiger partial charge in [-0.3, -0.25) is 9.59 Å². The summed E-state index contributed by atoms with van der Waals surface area (Å²) < 4.78 is 47.5. The quantitative estimate of drug-likeness (QED) is 0.451. The molecule has 3 heterocycles. The lowest BCUT2D eigenvalue weighted by Crippen LogP contribution is -2.57. The first kappa shape index (κ1) is 25.5. The highest BCUT2D eigenvalue weighted by atomic mass is 19.1. The van der Waals surface area contributed by atoms with E-state index in [0.717, 1.165) is 18.7 Å². The average Bonchev–Trinajstić information content (AvgIpc) is 3.86. The van der Waals surface area contributed by atoms with E-state index in [1.54, 1.807) is 18.5 Å². The second-order valence-electron chi connectivity index (χ2n) is 10.6. The maximum atomic E-state index is 15.1. The van der Waals surface area contributed by atoms with Crippen molar-refractivity contribution in [3.63, 3.8) is 0 Å². The zero-order valence-corrected chi connectivity index (χ0v) is 21.0. The Hall–Kier alpha value is -3.80. The molecular formula is C27H27F3N6O3. The van der Waals surface area contributed by atoms with Crippen LogP contribution >= 0.6 is 0 Å². The van der Waals surface area contributed by atoms with Crippen molar-refractivity contribution >= 4 is 11.8 Å². The number of carbonyl (C=O) groups excluding carboxylic acids is 2. The van der Waals surface area contributed by atoms with Crippen molar-refractivity contribution < 1.29 is 27.3 Å². The molecule has 3 aliphatic rings. The van der Waals surface area contributed by atoms with Gasteiger partial charge < -0.3 is 20.1 Å². The van der Waals surface area contributed by atoms with Gasteiger partial charge in [0.2, 0.25) is 23.2 Å². The van der Waals surface area contributed by atoms with Crippen LogP contribution < -0.4 is 10.6 Å². The highest BCUT2D eigenvalue weighted by Crippen LogP contribution is 2.44. The molecule has 3 fully saturated rings. The third-order valence-corrected chi connectivity index (χ3v) is 7.70. The van der Waals surface area contributed by atoms with Gasteiger partial charge >= 0.3 is 0 Å². The van der Waals surface area contributed by atoms with Crippen LogP contribution in [-0.2, 0) is 10.3 Å². The second kappa shape index (κ2) is 10.1. The van der Waals surface area contributed by atoms with Crippen molar-refractivity contribution in [3.8, 4) is 11.3 Å². The third-order valence-electron chi connectivity index (χ3n) is 7.70. The first-order chi connectivity index (χ1) is 18.8. The number of rotatable bonds is 8. The molecule has 1 aliphatic heterocycles. The molecule has 39 heavy (non-hydrogen) atoms. The molecule has 2 saturated carbocycles. The Kier molecular flexibility index (Phi) is 6.57. The van der Waals surface area contributed by atoms with Gasteiger partial charge in [0, 0.05) is 44.1 Å². The number of hydrogen-bond acceptors (Lipinski definition) is 7. The Morgan fingerprint density at radius 3 is 2.56 bits per heavy atom. The van der Waals surface area contributed by atoms with E-state index in [2.05, 4.69) is 30.7 Å². The summed E-state index contributed by atoms with van der Waals surface area (Å²) >= 11 is 0. The largest absolute Gasteiger partial charge is 0.352 e. The summed E-state index contributed by atoms with van der Waals surface area (Å²) in [5.41, 5.74) is -1.65. The fourth-order valence-corrected chi connectivity index (χ4v) is 5.19. The number of nitrogens with one attached hydrogen (secondary N) is 2. The smallest absolute Gasteiger partial charge is 0.276 e. The molecule has 204 valence electrons. The third kappa shape index (κ3) is 5.25. The molecule has 0 radical (unpaired) electrons. The molecule has 0 unspecified atom stereocenters. The number of benzene rings is 1. The number of nitrogens with zero attached hydrogens (tertiary/aromatic N) is 4. The Morgan fingerprint density at radius 1 is 1.10 bits per heavy atom. The van der Waals surface area contributed by atoms with E-state index < -0.39 is 52.3 Å². The van der Waals surface area contributed by atoms with Gasteiger partial charge in [-0.2, -0.15) is 4.39 Å². The van der Waals surface area contributed by atoms with Crippen LogP contribution in [0.1, 0.15) is 48.4 Å². The van der Waals surface area contributed by atoms with Crippen molar-refractivity contribution in [2.45, 2.75) is 43.7 Å². The summed E-state index contributed by atoms with van der Waals surface area (Å²) in [6.45, 7) is 2.00. The van der Waals surface area contributed by atoms with E-state index in [0.29, 0.717) is 50.2 Å². The predicted molar refractivity (Wildman–Crippen MR) is 131 cm³/mol. The topological polar surface area (TPSA) is 113 Å². The van der Waals surface area contributed by atoms with E-state index >= 15 is 4.39 Å². The van der Waals surface area contributed by atoms with Crippen LogP contribution in [-0.4, -0.2) is 57.5 Å². The number of hydrogen-bond donors (Lipinski definition) is 2. The SMILES string of the molecule is O=C(N[C@@H]1CCN(CC2CC2)C[C@H]1C(=O)NC1(c2ncccn2)CC1)c1noc(-c2ccc(F)cc2F)c1F. The molecule has 1 aromatic carbocycles. The summed E-state index contributed by atoms with van der Waals surface area (Å²) in [5.74, 6) is -4.20. The van der Waals surface area contributed by atoms with E-state index in [4.69, 9.17) is 4.52 Å². The molecular weight excluding hydrogens is 513 g/mol. The fourth-order valence-electron chi connectivity index (χ4n) is 5.19. The van der Waals surface area contributed by atoms with Crippen LogP contribution in [0.25, 0.3) is 11.3 Å². The number of piperidine rings is 1. The van der Waals surface area contributed by atoms with Crippen LogP contribution in [0.2, 0.25) is 0 Å². The Labute approximate surface area is 222 Å². The van der Waals surface area contributed by atoms with Crippen molar-refractivity contribution in [3.05, 3.63) is 65.6 Å². The van der Waals surface area contributed by atoms with E-state index in [1.807, 2.05) is 0 Å². The van der Waals surface area contributed by atoms with Crippen molar-refractivity contribution in [2.75, 3.05) is 19.6 Å². The van der Waals surface area contributed by atoms with Crippen molar-refractivity contribution in [1.82, 2.24) is 30.7 Å². The molecule has 0 bridgehead atoms. The number of likely N-dealkylation sites (tertiary alicyclic amines) is 1. The van der Waals surface area contributed by atoms with E-state index in [1.165, 1.54) is 12.8 Å². The Morgan fingerprint density at radius 2 is 1.87 bits per heavy atom. The molecule has 6 rings (SSSR count). The van der Waals surface area contributed by atoms with E-state index in [-0.39, 0.29) is 11.5 Å². The average molecular weight is 541 g/mol. The molecule has 0 spiro atoms. The summed E-state index contributed by atoms with van der Waals surface area (Å²) in [7, 11) is 0. The van der Waals surface area contributed by atoms with Gasteiger partial charge in [-0.25, -0.2) is 18.7 Å². The lowest BCUT2D eigenvalue weighted by Gasteiger charge is -2.38. The Bertz CT molecular complexity index is 1390. The Balaban J connectivity index is 1.20. The highest BCUT2D eigenvalue weighted by Gasteiger charge is 2.50. The van der Waals surface area contributed by atoms with Gasteiger partial charge in [0.1, 0.15) is 11.6 Å². The predicted octanol–water partition coefficient (Wildman–Crippen LogP) is 3.18. The fraction of sp³-hybridized carbons (Fsp3) is 0.444. The lowest BCUT2D eigenvalue weighted by atomic mass is 9.90. The zero-order valence-electron chi connectivity index (χ0n) is 21.0. The van der Waals surface area contributed by atoms with Crippen LogP contribution in [0.15, 0.2) is 41.2 Å². The van der Waals surface area contributed by atoms with Crippen LogP contribution in [0.3, 0.4) is 0 Å². The van der Waals surface area contributed by atoms with Gasteiger partial charge in [0.15, 0.2) is 5.82 Å². The molecule has 3 aromatic rings. The van der Waals surface area contributed by atoms with Gasteiger partial charge in [0.05, 0.1) is 17.0 Å². The lowest BCUT2D eigenvalue weighted by molar-refractivity contribution is -0.128. The molecule has 2 N–H and O–H groups in total. The van der Waals surface area contributed by atoms with Gasteiger partial charge in [-0.15, -0.1) is 0 Å². The molecule has 2 atom stereocenters. The summed E-state index contributed by atoms with van der Waals surface area (Å²) in [4.78, 5) is 37.5. The first-order valence-corrected chi connectivity index (χ1v) is 13.1. The van der Waals surface area contributed by atoms with Gasteiger partial charge in [-0.05, 0) is 56.2 Å². The minimum atomic E-state index is -1.16. The molecule has 9 nitrogen and oxygen atoms in total.